The van der Waals surface area contributed by atoms with Crippen molar-refractivity contribution in [2.75, 3.05) is 0 Å². The van der Waals surface area contributed by atoms with Crippen LogP contribution in [0, 0.1) is 20.8 Å². The van der Waals surface area contributed by atoms with Gasteiger partial charge in [-0.05, 0) is 43.5 Å². The number of aryl methyl sites for hydroxylation is 4. The normalized spacial score (nSPS) is 11.1. The van der Waals surface area contributed by atoms with Crippen LogP contribution in [0.25, 0.3) is 22.2 Å². The summed E-state index contributed by atoms with van der Waals surface area (Å²) in [7, 11) is 0. The Kier molecular flexibility index (Phi) is 5.16. The van der Waals surface area contributed by atoms with Gasteiger partial charge in [-0.3, -0.25) is 9.89 Å². The van der Waals surface area contributed by atoms with Crippen molar-refractivity contribution in [3.63, 3.8) is 0 Å². The summed E-state index contributed by atoms with van der Waals surface area (Å²) in [6, 6.07) is 14.7. The zero-order valence-corrected chi connectivity index (χ0v) is 17.0. The number of carbonyl (C=O) groups excluding carboxylic acids is 1. The van der Waals surface area contributed by atoms with Crippen LogP contribution >= 0.6 is 0 Å². The van der Waals surface area contributed by atoms with Gasteiger partial charge >= 0.3 is 0 Å². The van der Waals surface area contributed by atoms with Gasteiger partial charge in [0.1, 0.15) is 5.82 Å². The first kappa shape index (κ1) is 18.9. The summed E-state index contributed by atoms with van der Waals surface area (Å²) in [6.45, 7) is 6.56. The van der Waals surface area contributed by atoms with Gasteiger partial charge in [-0.1, -0.05) is 42.0 Å². The van der Waals surface area contributed by atoms with Crippen LogP contribution in [0.15, 0.2) is 42.5 Å². The van der Waals surface area contributed by atoms with Crippen molar-refractivity contribution in [3.05, 3.63) is 70.8 Å². The zero-order chi connectivity index (χ0) is 20.4. The third-order valence-corrected chi connectivity index (χ3v) is 5.15. The van der Waals surface area contributed by atoms with Crippen molar-refractivity contribution in [1.29, 1.82) is 0 Å². The number of H-pyrrole nitrogens is 2. The predicted octanol–water partition coefficient (Wildman–Crippen LogP) is 4.13. The number of nitrogens with zero attached hydrogens (tertiary/aromatic N) is 2. The van der Waals surface area contributed by atoms with Gasteiger partial charge in [0.2, 0.25) is 5.91 Å². The molecular formula is C23H25N5O. The molecule has 0 atom stereocenters. The molecule has 0 aliphatic heterocycles. The summed E-state index contributed by atoms with van der Waals surface area (Å²) in [5.74, 6) is 1.43. The number of benzene rings is 2. The smallest absolute Gasteiger partial charge is 0.220 e. The number of hydrogen-bond donors (Lipinski definition) is 3. The Morgan fingerprint density at radius 2 is 1.90 bits per heavy atom. The van der Waals surface area contributed by atoms with Crippen LogP contribution in [0.4, 0.5) is 0 Å². The van der Waals surface area contributed by atoms with Gasteiger partial charge in [0.25, 0.3) is 0 Å². The maximum Gasteiger partial charge on any atom is 0.220 e. The molecule has 4 aromatic rings. The van der Waals surface area contributed by atoms with Crippen molar-refractivity contribution >= 4 is 16.8 Å². The van der Waals surface area contributed by atoms with E-state index in [1.165, 1.54) is 16.5 Å². The maximum absolute atomic E-state index is 12.3. The second kappa shape index (κ2) is 7.91. The number of carbonyl (C=O) groups is 1. The quantitative estimate of drug-likeness (QED) is 0.465. The summed E-state index contributed by atoms with van der Waals surface area (Å²) in [6.07, 6.45) is 0.893. The Morgan fingerprint density at radius 1 is 1.10 bits per heavy atom. The van der Waals surface area contributed by atoms with Crippen LogP contribution in [-0.4, -0.2) is 26.1 Å². The molecule has 6 nitrogen and oxygen atoms in total. The predicted molar refractivity (Wildman–Crippen MR) is 114 cm³/mol. The molecule has 4 rings (SSSR count). The van der Waals surface area contributed by atoms with Gasteiger partial charge in [-0.2, -0.15) is 5.10 Å². The Morgan fingerprint density at radius 3 is 2.62 bits per heavy atom. The zero-order valence-electron chi connectivity index (χ0n) is 17.0. The molecular weight excluding hydrogens is 362 g/mol. The van der Waals surface area contributed by atoms with Crippen molar-refractivity contribution in [1.82, 2.24) is 25.5 Å². The number of fused-ring (bicyclic) bond motifs is 1. The minimum absolute atomic E-state index is 0.00586. The van der Waals surface area contributed by atoms with E-state index in [4.69, 9.17) is 0 Å². The van der Waals surface area contributed by atoms with Gasteiger partial charge in [-0.15, -0.1) is 0 Å². The molecule has 0 aliphatic carbocycles. The first-order valence-electron chi connectivity index (χ1n) is 9.83. The summed E-state index contributed by atoms with van der Waals surface area (Å²) in [5.41, 5.74) is 6.86. The molecule has 1 amide bonds. The average Bonchev–Trinajstić information content (AvgIpc) is 3.28. The molecule has 3 N–H and O–H groups in total. The van der Waals surface area contributed by atoms with Crippen LogP contribution in [-0.2, 0) is 17.8 Å². The van der Waals surface area contributed by atoms with Crippen molar-refractivity contribution < 1.29 is 4.79 Å². The molecule has 2 heterocycles. The number of amides is 1. The molecule has 29 heavy (non-hydrogen) atoms. The fourth-order valence-corrected chi connectivity index (χ4v) is 3.70. The number of aromatic amines is 2. The van der Waals surface area contributed by atoms with Gasteiger partial charge < -0.3 is 10.3 Å². The van der Waals surface area contributed by atoms with E-state index in [0.29, 0.717) is 25.2 Å². The van der Waals surface area contributed by atoms with Gasteiger partial charge in [0.05, 0.1) is 5.52 Å². The molecule has 0 saturated carbocycles. The second-order valence-electron chi connectivity index (χ2n) is 7.45. The summed E-state index contributed by atoms with van der Waals surface area (Å²) in [4.78, 5) is 20.2. The lowest BCUT2D eigenvalue weighted by atomic mass is 10.0. The Balaban J connectivity index is 1.53. The highest BCUT2D eigenvalue weighted by atomic mass is 16.1. The van der Waals surface area contributed by atoms with E-state index < -0.39 is 0 Å². The molecule has 6 heteroatoms. The standard InChI is InChI=1S/C23H25N5O/c1-14-11-18(13-24-21(29)10-9-20-25-16(3)27-28-20)23-19(12-14)15(2)22(26-23)17-7-5-4-6-8-17/h4-8,11-12,26H,9-10,13H2,1-3H3,(H,24,29)(H,25,27,28). The molecule has 0 radical (unpaired) electrons. The highest BCUT2D eigenvalue weighted by molar-refractivity contribution is 5.93. The van der Waals surface area contributed by atoms with E-state index in [1.807, 2.05) is 25.1 Å². The lowest BCUT2D eigenvalue weighted by Crippen LogP contribution is -2.23. The van der Waals surface area contributed by atoms with E-state index >= 15 is 0 Å². The van der Waals surface area contributed by atoms with Crippen molar-refractivity contribution in [2.45, 2.75) is 40.2 Å². The Hall–Kier alpha value is -3.41. The van der Waals surface area contributed by atoms with E-state index in [1.54, 1.807) is 0 Å². The monoisotopic (exact) mass is 387 g/mol. The Bertz CT molecular complexity index is 1160. The molecule has 0 spiro atoms. The van der Waals surface area contributed by atoms with E-state index in [2.05, 4.69) is 63.6 Å². The first-order valence-corrected chi connectivity index (χ1v) is 9.83. The highest BCUT2D eigenvalue weighted by Crippen LogP contribution is 2.32. The molecule has 0 bridgehead atoms. The van der Waals surface area contributed by atoms with Gasteiger partial charge in [0, 0.05) is 30.5 Å². The average molecular weight is 387 g/mol. The minimum atomic E-state index is -0.00586. The van der Waals surface area contributed by atoms with Gasteiger partial charge in [-0.25, -0.2) is 4.98 Å². The fraction of sp³-hybridized carbons (Fsp3) is 0.261. The van der Waals surface area contributed by atoms with Crippen LogP contribution < -0.4 is 5.32 Å². The first-order chi connectivity index (χ1) is 14.0. The summed E-state index contributed by atoms with van der Waals surface area (Å²) >= 11 is 0. The lowest BCUT2D eigenvalue weighted by molar-refractivity contribution is -0.121. The van der Waals surface area contributed by atoms with Crippen molar-refractivity contribution in [2.24, 2.45) is 0 Å². The topological polar surface area (TPSA) is 86.5 Å². The number of hydrogen-bond acceptors (Lipinski definition) is 3. The second-order valence-corrected chi connectivity index (χ2v) is 7.45. The molecule has 148 valence electrons. The van der Waals surface area contributed by atoms with Crippen LogP contribution in [0.5, 0.6) is 0 Å². The van der Waals surface area contributed by atoms with Crippen LogP contribution in [0.2, 0.25) is 0 Å². The van der Waals surface area contributed by atoms with E-state index in [0.717, 1.165) is 28.2 Å². The number of rotatable bonds is 6. The third kappa shape index (κ3) is 4.06. The maximum atomic E-state index is 12.3. The van der Waals surface area contributed by atoms with E-state index in [-0.39, 0.29) is 5.91 Å². The SMILES string of the molecule is Cc1cc(CNC(=O)CCc2n[nH]c(C)n2)c2[nH]c(-c3ccccc3)c(C)c2c1. The number of aromatic nitrogens is 4. The number of nitrogens with one attached hydrogen (secondary N) is 3. The van der Waals surface area contributed by atoms with Crippen molar-refractivity contribution in [3.8, 4) is 11.3 Å². The molecule has 0 aliphatic rings. The summed E-state index contributed by atoms with van der Waals surface area (Å²) < 4.78 is 0. The van der Waals surface area contributed by atoms with Crippen LogP contribution in [0.1, 0.15) is 34.8 Å². The highest BCUT2D eigenvalue weighted by Gasteiger charge is 2.14. The third-order valence-electron chi connectivity index (χ3n) is 5.15. The Labute approximate surface area is 169 Å². The van der Waals surface area contributed by atoms with Crippen LogP contribution in [0.3, 0.4) is 0 Å². The largest absolute Gasteiger partial charge is 0.354 e. The molecule has 0 saturated heterocycles. The van der Waals surface area contributed by atoms with Gasteiger partial charge in [0.15, 0.2) is 5.82 Å². The summed E-state index contributed by atoms with van der Waals surface area (Å²) in [5, 5.41) is 11.1. The minimum Gasteiger partial charge on any atom is -0.354 e. The lowest BCUT2D eigenvalue weighted by Gasteiger charge is -2.08. The molecule has 2 aromatic heterocycles. The molecule has 0 unspecified atom stereocenters. The molecule has 2 aromatic carbocycles. The molecule has 0 fully saturated rings. The fourth-order valence-electron chi connectivity index (χ4n) is 3.70. The van der Waals surface area contributed by atoms with E-state index in [9.17, 15) is 4.79 Å².